The predicted molar refractivity (Wildman–Crippen MR) is 140 cm³/mol. The van der Waals surface area contributed by atoms with Crippen molar-refractivity contribution in [3.63, 3.8) is 0 Å². The van der Waals surface area contributed by atoms with Gasteiger partial charge in [0.1, 0.15) is 6.04 Å². The maximum Gasteiger partial charge on any atom is 0.243 e. The highest BCUT2D eigenvalue weighted by Crippen LogP contribution is 2.08. The van der Waals surface area contributed by atoms with E-state index in [-0.39, 0.29) is 34.0 Å². The minimum atomic E-state index is -0.768. The maximum absolute atomic E-state index is 12.8. The highest BCUT2D eigenvalue weighted by Gasteiger charge is 2.28. The summed E-state index contributed by atoms with van der Waals surface area (Å²) in [6.07, 6.45) is 2.21. The number of carbonyl (C=O) groups is 5. The Hall–Kier alpha value is -1.76. The number of halogens is 1. The Balaban J connectivity index is 4.83. The molecule has 0 aromatic rings. The lowest BCUT2D eigenvalue weighted by atomic mass is 10.00. The topological polar surface area (TPSA) is 146 Å². The second-order valence-electron chi connectivity index (χ2n) is 9.09. The molecule has 0 bridgehead atoms. The van der Waals surface area contributed by atoms with E-state index in [1.165, 1.54) is 6.92 Å². The molecule has 0 aliphatic rings. The zero-order valence-corrected chi connectivity index (χ0v) is 23.4. The number of amides is 4. The third-order valence-corrected chi connectivity index (χ3v) is 5.79. The molecule has 0 rings (SSSR count). The lowest BCUT2D eigenvalue weighted by Crippen LogP contribution is -2.55. The molecule has 0 aromatic carbocycles. The van der Waals surface area contributed by atoms with Gasteiger partial charge in [-0.3, -0.25) is 24.0 Å². The molecule has 0 spiro atoms. The molecule has 3 unspecified atom stereocenters. The molecule has 34 heavy (non-hydrogen) atoms. The van der Waals surface area contributed by atoms with Crippen LogP contribution in [0.25, 0.3) is 0 Å². The molecular formula is C23H42IN5O5. The molecule has 0 aromatic heterocycles. The van der Waals surface area contributed by atoms with E-state index in [2.05, 4.69) is 26.6 Å². The lowest BCUT2D eigenvalue weighted by molar-refractivity contribution is -0.132. The van der Waals surface area contributed by atoms with E-state index in [9.17, 15) is 24.0 Å². The Labute approximate surface area is 217 Å². The van der Waals surface area contributed by atoms with Crippen molar-refractivity contribution in [2.75, 3.05) is 19.6 Å². The Morgan fingerprint density at radius 3 is 2.00 bits per heavy atom. The summed E-state index contributed by atoms with van der Waals surface area (Å²) in [6, 6.07) is -1.85. The Bertz CT molecular complexity index is 687. The van der Waals surface area contributed by atoms with Crippen molar-refractivity contribution in [1.29, 1.82) is 0 Å². The molecular weight excluding hydrogens is 553 g/mol. The predicted octanol–water partition coefficient (Wildman–Crippen LogP) is 1.02. The van der Waals surface area contributed by atoms with Crippen molar-refractivity contribution >= 4 is 50.0 Å². The van der Waals surface area contributed by atoms with Gasteiger partial charge in [-0.25, -0.2) is 0 Å². The molecule has 0 saturated heterocycles. The largest absolute Gasteiger partial charge is 0.356 e. The van der Waals surface area contributed by atoms with Crippen LogP contribution in [-0.2, 0) is 24.0 Å². The average molecular weight is 596 g/mol. The van der Waals surface area contributed by atoms with Gasteiger partial charge in [0.15, 0.2) is 0 Å². The van der Waals surface area contributed by atoms with Gasteiger partial charge >= 0.3 is 0 Å². The van der Waals surface area contributed by atoms with Crippen molar-refractivity contribution in [3.8, 4) is 0 Å². The van der Waals surface area contributed by atoms with Crippen LogP contribution in [0.1, 0.15) is 67.2 Å². The SMILES string of the molecule is CCNC(C(=O)NC(CC(C)C)C(=O)NCC(=O)NC(CCCCNC(C)=O)C(=O)I)C(C)C. The fraction of sp³-hybridized carbons (Fsp3) is 0.783. The fourth-order valence-corrected chi connectivity index (χ4v) is 3.80. The lowest BCUT2D eigenvalue weighted by Gasteiger charge is -2.26. The molecule has 4 amide bonds. The molecule has 0 heterocycles. The Kier molecular flexibility index (Phi) is 16.7. The standard InChI is InChI=1S/C23H42IN5O5/c1-7-25-20(15(4)5)23(34)29-18(12-14(2)3)22(33)27-13-19(31)28-17(21(24)32)10-8-9-11-26-16(6)30/h14-15,17-18,20,25H,7-13H2,1-6H3,(H,26,30)(H,27,33)(H,28,31)(H,29,34). The van der Waals surface area contributed by atoms with Gasteiger partial charge in [-0.2, -0.15) is 0 Å². The van der Waals surface area contributed by atoms with Crippen LogP contribution in [0.15, 0.2) is 0 Å². The maximum atomic E-state index is 12.8. The van der Waals surface area contributed by atoms with Crippen molar-refractivity contribution < 1.29 is 24.0 Å². The smallest absolute Gasteiger partial charge is 0.243 e. The first-order chi connectivity index (χ1) is 15.9. The number of rotatable bonds is 17. The summed E-state index contributed by atoms with van der Waals surface area (Å²) in [5.74, 6) is -1.08. The van der Waals surface area contributed by atoms with Gasteiger partial charge in [-0.05, 0) is 44.1 Å². The summed E-state index contributed by atoms with van der Waals surface area (Å²) in [5.41, 5.74) is 0. The van der Waals surface area contributed by atoms with Crippen molar-refractivity contribution in [3.05, 3.63) is 0 Å². The van der Waals surface area contributed by atoms with Crippen LogP contribution in [0.5, 0.6) is 0 Å². The van der Waals surface area contributed by atoms with Crippen LogP contribution in [0.3, 0.4) is 0 Å². The summed E-state index contributed by atoms with van der Waals surface area (Å²) in [4.78, 5) is 60.6. The van der Waals surface area contributed by atoms with E-state index in [1.54, 1.807) is 22.6 Å². The number of hydrogen-bond donors (Lipinski definition) is 5. The number of hydrogen-bond acceptors (Lipinski definition) is 6. The number of nitrogens with one attached hydrogen (secondary N) is 5. The summed E-state index contributed by atoms with van der Waals surface area (Å²) in [6.45, 7) is 12.0. The van der Waals surface area contributed by atoms with Crippen molar-refractivity contribution in [2.45, 2.75) is 85.4 Å². The second-order valence-corrected chi connectivity index (χ2v) is 10.2. The van der Waals surface area contributed by atoms with E-state index < -0.39 is 29.9 Å². The molecule has 0 radical (unpaired) electrons. The van der Waals surface area contributed by atoms with E-state index in [1.807, 2.05) is 34.6 Å². The molecule has 0 aliphatic heterocycles. The number of carbonyl (C=O) groups excluding carboxylic acids is 5. The minimum Gasteiger partial charge on any atom is -0.356 e. The van der Waals surface area contributed by atoms with Crippen LogP contribution in [-0.4, -0.2) is 65.2 Å². The van der Waals surface area contributed by atoms with E-state index in [0.717, 1.165) is 0 Å². The molecule has 0 fully saturated rings. The average Bonchev–Trinajstić information content (AvgIpc) is 2.73. The van der Waals surface area contributed by atoms with Crippen molar-refractivity contribution in [2.24, 2.45) is 11.8 Å². The van der Waals surface area contributed by atoms with Crippen molar-refractivity contribution in [1.82, 2.24) is 26.6 Å². The zero-order chi connectivity index (χ0) is 26.3. The van der Waals surface area contributed by atoms with Crippen LogP contribution < -0.4 is 26.6 Å². The van der Waals surface area contributed by atoms with Gasteiger partial charge in [0.25, 0.3) is 0 Å². The number of unbranched alkanes of at least 4 members (excludes halogenated alkanes) is 1. The molecule has 0 aliphatic carbocycles. The molecule has 0 saturated carbocycles. The van der Waals surface area contributed by atoms with Gasteiger partial charge in [0.05, 0.1) is 18.6 Å². The fourth-order valence-electron chi connectivity index (χ4n) is 3.33. The van der Waals surface area contributed by atoms with E-state index in [0.29, 0.717) is 38.8 Å². The first-order valence-electron chi connectivity index (χ1n) is 11.9. The van der Waals surface area contributed by atoms with Gasteiger partial charge in [0.2, 0.25) is 27.4 Å². The highest BCUT2D eigenvalue weighted by molar-refractivity contribution is 14.1. The molecule has 3 atom stereocenters. The highest BCUT2D eigenvalue weighted by atomic mass is 127. The van der Waals surface area contributed by atoms with Gasteiger partial charge in [-0.1, -0.05) is 34.6 Å². The molecule has 196 valence electrons. The first-order valence-corrected chi connectivity index (χ1v) is 13.0. The normalized spacial score (nSPS) is 13.7. The Morgan fingerprint density at radius 1 is 0.853 bits per heavy atom. The van der Waals surface area contributed by atoms with Gasteiger partial charge in [-0.15, -0.1) is 0 Å². The summed E-state index contributed by atoms with van der Waals surface area (Å²) >= 11 is 1.64. The zero-order valence-electron chi connectivity index (χ0n) is 21.3. The van der Waals surface area contributed by atoms with Gasteiger partial charge in [0, 0.05) is 36.1 Å². The molecule has 10 nitrogen and oxygen atoms in total. The summed E-state index contributed by atoms with van der Waals surface area (Å²) in [5, 5.41) is 13.9. The minimum absolute atomic E-state index is 0.0504. The van der Waals surface area contributed by atoms with E-state index in [4.69, 9.17) is 0 Å². The molecule has 11 heteroatoms. The number of likely N-dealkylation sites (N-methyl/N-ethyl adjacent to an activating group) is 1. The Morgan fingerprint density at radius 2 is 1.50 bits per heavy atom. The summed E-state index contributed by atoms with van der Waals surface area (Å²) < 4.78 is -0.204. The monoisotopic (exact) mass is 595 g/mol. The van der Waals surface area contributed by atoms with Crippen LogP contribution in [0.2, 0.25) is 0 Å². The third kappa shape index (κ3) is 14.5. The second kappa shape index (κ2) is 17.6. The first kappa shape index (κ1) is 32.2. The van der Waals surface area contributed by atoms with Crippen LogP contribution >= 0.6 is 22.6 Å². The van der Waals surface area contributed by atoms with Crippen LogP contribution in [0.4, 0.5) is 0 Å². The quantitative estimate of drug-likeness (QED) is 0.0965. The van der Waals surface area contributed by atoms with Crippen LogP contribution in [0, 0.1) is 11.8 Å². The van der Waals surface area contributed by atoms with E-state index >= 15 is 0 Å². The third-order valence-electron chi connectivity index (χ3n) is 5.04. The summed E-state index contributed by atoms with van der Waals surface area (Å²) in [7, 11) is 0. The van der Waals surface area contributed by atoms with Gasteiger partial charge < -0.3 is 26.6 Å². The molecule has 5 N–H and O–H groups in total.